The Kier molecular flexibility index (Phi) is 4.77. The van der Waals surface area contributed by atoms with E-state index in [4.69, 9.17) is 0 Å². The minimum atomic E-state index is -0.332. The van der Waals surface area contributed by atoms with Crippen molar-refractivity contribution in [2.45, 2.75) is 13.5 Å². The number of benzene rings is 1. The maximum Gasteiger partial charge on any atom is 0.275 e. The summed E-state index contributed by atoms with van der Waals surface area (Å²) in [4.78, 5) is 33.5. The third-order valence-electron chi connectivity index (χ3n) is 4.97. The second-order valence-electron chi connectivity index (χ2n) is 6.63. The largest absolute Gasteiger partial charge is 0.353 e. The van der Waals surface area contributed by atoms with Gasteiger partial charge in [0.25, 0.3) is 11.5 Å². The van der Waals surface area contributed by atoms with Crippen molar-refractivity contribution in [1.29, 1.82) is 0 Å². The van der Waals surface area contributed by atoms with Crippen LogP contribution in [0.2, 0.25) is 0 Å². The number of halogens is 1. The molecule has 4 rings (SSSR count). The first-order chi connectivity index (χ1) is 13.6. The zero-order valence-corrected chi connectivity index (χ0v) is 15.5. The third-order valence-corrected chi connectivity index (χ3v) is 4.97. The number of carbonyl (C=O) groups excluding carboxylic acids is 1. The number of carbonyl (C=O) groups is 1. The van der Waals surface area contributed by atoms with Gasteiger partial charge in [-0.2, -0.15) is 5.10 Å². The van der Waals surface area contributed by atoms with Crippen molar-refractivity contribution in [2.24, 2.45) is 0 Å². The zero-order chi connectivity index (χ0) is 19.7. The van der Waals surface area contributed by atoms with Gasteiger partial charge in [0.15, 0.2) is 5.69 Å². The minimum absolute atomic E-state index is 0.198. The molecule has 7 nitrogen and oxygen atoms in total. The Bertz CT molecular complexity index is 1090. The second kappa shape index (κ2) is 7.38. The van der Waals surface area contributed by atoms with Gasteiger partial charge in [-0.15, -0.1) is 0 Å². The van der Waals surface area contributed by atoms with Crippen molar-refractivity contribution in [1.82, 2.24) is 19.7 Å². The molecule has 0 bridgehead atoms. The van der Waals surface area contributed by atoms with Crippen molar-refractivity contribution in [3.05, 3.63) is 64.5 Å². The average Bonchev–Trinajstić information content (AvgIpc) is 2.74. The van der Waals surface area contributed by atoms with E-state index in [-0.39, 0.29) is 23.0 Å². The van der Waals surface area contributed by atoms with E-state index in [1.807, 2.05) is 11.8 Å². The Balaban J connectivity index is 1.59. The molecule has 0 spiro atoms. The molecule has 1 aliphatic rings. The summed E-state index contributed by atoms with van der Waals surface area (Å²) in [6.07, 6.45) is 1.44. The first-order valence-electron chi connectivity index (χ1n) is 9.24. The van der Waals surface area contributed by atoms with Crippen molar-refractivity contribution >= 4 is 22.5 Å². The molecular weight excluding hydrogens is 361 g/mol. The van der Waals surface area contributed by atoms with E-state index in [0.717, 1.165) is 0 Å². The molecule has 0 unspecified atom stereocenters. The molecule has 3 aromatic rings. The van der Waals surface area contributed by atoms with Crippen LogP contribution < -0.4 is 10.5 Å². The third kappa shape index (κ3) is 3.21. The Morgan fingerprint density at radius 2 is 1.82 bits per heavy atom. The van der Waals surface area contributed by atoms with E-state index in [1.54, 1.807) is 29.2 Å². The van der Waals surface area contributed by atoms with Gasteiger partial charge in [-0.25, -0.2) is 14.1 Å². The average molecular weight is 381 g/mol. The molecule has 1 fully saturated rings. The van der Waals surface area contributed by atoms with Gasteiger partial charge in [0.05, 0.1) is 5.39 Å². The van der Waals surface area contributed by atoms with Crippen LogP contribution in [0.15, 0.2) is 47.4 Å². The van der Waals surface area contributed by atoms with Crippen LogP contribution in [0.1, 0.15) is 17.4 Å². The summed E-state index contributed by atoms with van der Waals surface area (Å²) < 4.78 is 14.8. The van der Waals surface area contributed by atoms with Crippen LogP contribution in [-0.4, -0.2) is 51.8 Å². The highest BCUT2D eigenvalue weighted by atomic mass is 19.1. The van der Waals surface area contributed by atoms with E-state index in [2.05, 4.69) is 10.1 Å². The molecule has 0 aliphatic carbocycles. The smallest absolute Gasteiger partial charge is 0.275 e. The molecule has 28 heavy (non-hydrogen) atoms. The Hall–Kier alpha value is -3.29. The van der Waals surface area contributed by atoms with Crippen LogP contribution in [0.3, 0.4) is 0 Å². The second-order valence-corrected chi connectivity index (χ2v) is 6.63. The fourth-order valence-corrected chi connectivity index (χ4v) is 3.46. The molecule has 0 saturated carbocycles. The summed E-state index contributed by atoms with van der Waals surface area (Å²) >= 11 is 0. The topological polar surface area (TPSA) is 71.3 Å². The van der Waals surface area contributed by atoms with Gasteiger partial charge < -0.3 is 9.80 Å². The number of nitrogens with zero attached hydrogens (tertiary/aromatic N) is 5. The number of aryl methyl sites for hydroxylation is 1. The van der Waals surface area contributed by atoms with Crippen molar-refractivity contribution in [2.75, 3.05) is 31.1 Å². The van der Waals surface area contributed by atoms with Gasteiger partial charge in [-0.3, -0.25) is 9.59 Å². The molecule has 1 aromatic carbocycles. The van der Waals surface area contributed by atoms with Gasteiger partial charge in [0, 0.05) is 50.4 Å². The van der Waals surface area contributed by atoms with Crippen LogP contribution in [0.5, 0.6) is 0 Å². The lowest BCUT2D eigenvalue weighted by Crippen LogP contribution is -2.49. The van der Waals surface area contributed by atoms with Gasteiger partial charge in [-0.1, -0.05) is 18.2 Å². The van der Waals surface area contributed by atoms with E-state index in [0.29, 0.717) is 49.3 Å². The monoisotopic (exact) mass is 381 g/mol. The fraction of sp³-hybridized carbons (Fsp3) is 0.300. The number of rotatable bonds is 3. The lowest BCUT2D eigenvalue weighted by atomic mass is 10.1. The van der Waals surface area contributed by atoms with Gasteiger partial charge >= 0.3 is 0 Å². The van der Waals surface area contributed by atoms with Crippen molar-refractivity contribution in [3.63, 3.8) is 0 Å². The summed E-state index contributed by atoms with van der Waals surface area (Å²) in [6.45, 7) is 4.25. The molecule has 1 aliphatic heterocycles. The zero-order valence-electron chi connectivity index (χ0n) is 15.5. The lowest BCUT2D eigenvalue weighted by Gasteiger charge is -2.35. The van der Waals surface area contributed by atoms with Crippen LogP contribution in [-0.2, 0) is 6.54 Å². The van der Waals surface area contributed by atoms with Gasteiger partial charge in [-0.05, 0) is 19.1 Å². The van der Waals surface area contributed by atoms with Crippen LogP contribution >= 0.6 is 0 Å². The van der Waals surface area contributed by atoms with Crippen LogP contribution in [0.4, 0.5) is 10.2 Å². The van der Waals surface area contributed by atoms with E-state index < -0.39 is 0 Å². The number of piperazine rings is 1. The highest BCUT2D eigenvalue weighted by molar-refractivity contribution is 6.04. The molecule has 8 heteroatoms. The SMILES string of the molecule is CCn1nc(C(=O)N2CCN(c3cc(F)ccn3)CC2)c2ccccc2c1=O. The molecule has 1 saturated heterocycles. The predicted molar refractivity (Wildman–Crippen MR) is 104 cm³/mol. The lowest BCUT2D eigenvalue weighted by molar-refractivity contribution is 0.0740. The fourth-order valence-electron chi connectivity index (χ4n) is 3.46. The summed E-state index contributed by atoms with van der Waals surface area (Å²) in [6, 6.07) is 9.75. The van der Waals surface area contributed by atoms with Crippen molar-refractivity contribution < 1.29 is 9.18 Å². The van der Waals surface area contributed by atoms with Crippen molar-refractivity contribution in [3.8, 4) is 0 Å². The Morgan fingerprint density at radius 3 is 2.50 bits per heavy atom. The number of aromatic nitrogens is 3. The molecule has 1 amide bonds. The van der Waals surface area contributed by atoms with Gasteiger partial charge in [0.2, 0.25) is 0 Å². The summed E-state index contributed by atoms with van der Waals surface area (Å²) in [5.41, 5.74) is 0.0889. The summed E-state index contributed by atoms with van der Waals surface area (Å²) in [7, 11) is 0. The number of anilines is 1. The number of hydrogen-bond acceptors (Lipinski definition) is 5. The molecule has 3 heterocycles. The minimum Gasteiger partial charge on any atom is -0.353 e. The number of amides is 1. The normalized spacial score (nSPS) is 14.5. The van der Waals surface area contributed by atoms with Gasteiger partial charge in [0.1, 0.15) is 11.6 Å². The predicted octanol–water partition coefficient (Wildman–Crippen LogP) is 1.91. The first kappa shape index (κ1) is 18.1. The quantitative estimate of drug-likeness (QED) is 0.693. The highest BCUT2D eigenvalue weighted by Gasteiger charge is 2.26. The number of hydrogen-bond donors (Lipinski definition) is 0. The first-order valence-corrected chi connectivity index (χ1v) is 9.24. The molecule has 144 valence electrons. The maximum absolute atomic E-state index is 13.4. The standard InChI is InChI=1S/C20H20FN5O2/c1-2-26-19(27)16-6-4-3-5-15(16)18(23-26)20(28)25-11-9-24(10-12-25)17-13-14(21)7-8-22-17/h3-8,13H,2,9-12H2,1H3. The molecule has 0 atom stereocenters. The van der Waals surface area contributed by atoms with Crippen LogP contribution in [0, 0.1) is 5.82 Å². The Labute approximate surface area is 161 Å². The molecule has 0 radical (unpaired) electrons. The molecule has 0 N–H and O–H groups in total. The number of pyridine rings is 1. The van der Waals surface area contributed by atoms with Crippen LogP contribution in [0.25, 0.3) is 10.8 Å². The Morgan fingerprint density at radius 1 is 1.11 bits per heavy atom. The highest BCUT2D eigenvalue weighted by Crippen LogP contribution is 2.18. The van der Waals surface area contributed by atoms with E-state index in [9.17, 15) is 14.0 Å². The van der Waals surface area contributed by atoms with E-state index >= 15 is 0 Å². The maximum atomic E-state index is 13.4. The molecule has 2 aromatic heterocycles. The summed E-state index contributed by atoms with van der Waals surface area (Å²) in [5.74, 6) is 0.0291. The number of fused-ring (bicyclic) bond motifs is 1. The van der Waals surface area contributed by atoms with E-state index in [1.165, 1.54) is 23.0 Å². The molecular formula is C20H20FN5O2. The summed E-state index contributed by atoms with van der Waals surface area (Å²) in [5, 5.41) is 5.38.